The predicted octanol–water partition coefficient (Wildman–Crippen LogP) is 0.868. The van der Waals surface area contributed by atoms with Gasteiger partial charge in [-0.25, -0.2) is 4.98 Å². The second-order valence-electron chi connectivity index (χ2n) is 2.87. The average Bonchev–Trinajstić information content (AvgIpc) is 2.29. The van der Waals surface area contributed by atoms with Gasteiger partial charge < -0.3 is 9.97 Å². The molecule has 2 rings (SSSR count). The quantitative estimate of drug-likeness (QED) is 0.605. The lowest BCUT2D eigenvalue weighted by Gasteiger charge is -1.90. The van der Waals surface area contributed by atoms with Gasteiger partial charge in [-0.15, -0.1) is 0 Å². The van der Waals surface area contributed by atoms with E-state index in [1.807, 2.05) is 6.92 Å². The van der Waals surface area contributed by atoms with Crippen LogP contribution < -0.4 is 5.56 Å². The number of aromatic nitrogens is 3. The van der Waals surface area contributed by atoms with Crippen LogP contribution in [0.15, 0.2) is 10.9 Å². The van der Waals surface area contributed by atoms with Gasteiger partial charge in [-0.1, -0.05) is 0 Å². The third-order valence-corrected chi connectivity index (χ3v) is 1.75. The minimum Gasteiger partial charge on any atom is -0.343 e. The Morgan fingerprint density at radius 2 is 2.08 bits per heavy atom. The Morgan fingerprint density at radius 1 is 1.33 bits per heavy atom. The SMILES string of the molecule is Cc1cc2c(=O)[nH]c(C)nc2[nH]1. The Kier molecular flexibility index (Phi) is 1.30. The summed E-state index contributed by atoms with van der Waals surface area (Å²) in [5, 5.41) is 0.623. The second kappa shape index (κ2) is 2.20. The molecule has 0 aliphatic rings. The first-order valence-corrected chi connectivity index (χ1v) is 3.73. The number of aryl methyl sites for hydroxylation is 2. The van der Waals surface area contributed by atoms with Gasteiger partial charge in [0.2, 0.25) is 0 Å². The first kappa shape index (κ1) is 7.09. The zero-order valence-corrected chi connectivity index (χ0v) is 6.93. The number of hydrogen-bond acceptors (Lipinski definition) is 2. The third-order valence-electron chi connectivity index (χ3n) is 1.75. The Labute approximate surface area is 68.7 Å². The summed E-state index contributed by atoms with van der Waals surface area (Å²) in [6.45, 7) is 3.66. The fraction of sp³-hybridized carbons (Fsp3) is 0.250. The zero-order chi connectivity index (χ0) is 8.72. The lowest BCUT2D eigenvalue weighted by Crippen LogP contribution is -2.08. The van der Waals surface area contributed by atoms with Crippen molar-refractivity contribution in [2.24, 2.45) is 0 Å². The molecule has 0 atom stereocenters. The van der Waals surface area contributed by atoms with Gasteiger partial charge in [0.05, 0.1) is 5.39 Å². The molecule has 0 aromatic carbocycles. The van der Waals surface area contributed by atoms with E-state index in [9.17, 15) is 4.79 Å². The molecular weight excluding hydrogens is 154 g/mol. The van der Waals surface area contributed by atoms with Crippen molar-refractivity contribution in [2.75, 3.05) is 0 Å². The van der Waals surface area contributed by atoms with E-state index in [4.69, 9.17) is 0 Å². The highest BCUT2D eigenvalue weighted by atomic mass is 16.1. The monoisotopic (exact) mass is 163 g/mol. The van der Waals surface area contributed by atoms with Crippen molar-refractivity contribution in [3.63, 3.8) is 0 Å². The van der Waals surface area contributed by atoms with Crippen molar-refractivity contribution in [2.45, 2.75) is 13.8 Å². The van der Waals surface area contributed by atoms with Gasteiger partial charge in [0.25, 0.3) is 5.56 Å². The van der Waals surface area contributed by atoms with E-state index in [-0.39, 0.29) is 5.56 Å². The lowest BCUT2D eigenvalue weighted by atomic mass is 10.4. The number of hydrogen-bond donors (Lipinski definition) is 2. The van der Waals surface area contributed by atoms with Crippen LogP contribution >= 0.6 is 0 Å². The largest absolute Gasteiger partial charge is 0.343 e. The first-order valence-electron chi connectivity index (χ1n) is 3.73. The Morgan fingerprint density at radius 3 is 2.83 bits per heavy atom. The molecule has 12 heavy (non-hydrogen) atoms. The molecule has 62 valence electrons. The molecule has 0 fully saturated rings. The number of fused-ring (bicyclic) bond motifs is 1. The van der Waals surface area contributed by atoms with Crippen LogP contribution in [0.5, 0.6) is 0 Å². The van der Waals surface area contributed by atoms with E-state index in [1.54, 1.807) is 13.0 Å². The van der Waals surface area contributed by atoms with Crippen LogP contribution in [-0.4, -0.2) is 15.0 Å². The molecule has 0 aliphatic heterocycles. The molecular formula is C8H9N3O. The van der Waals surface area contributed by atoms with Crippen LogP contribution in [0.2, 0.25) is 0 Å². The number of aromatic amines is 2. The van der Waals surface area contributed by atoms with Crippen LogP contribution in [0.1, 0.15) is 11.5 Å². The summed E-state index contributed by atoms with van der Waals surface area (Å²) in [5.74, 6) is 0.634. The van der Waals surface area contributed by atoms with E-state index in [0.717, 1.165) is 5.69 Å². The van der Waals surface area contributed by atoms with Gasteiger partial charge in [0, 0.05) is 5.69 Å². The van der Waals surface area contributed by atoms with Crippen LogP contribution in [0, 0.1) is 13.8 Å². The highest BCUT2D eigenvalue weighted by Gasteiger charge is 2.02. The lowest BCUT2D eigenvalue weighted by molar-refractivity contribution is 1.05. The number of nitrogens with zero attached hydrogens (tertiary/aromatic N) is 1. The average molecular weight is 163 g/mol. The van der Waals surface area contributed by atoms with Gasteiger partial charge in [-0.3, -0.25) is 4.79 Å². The molecule has 2 aromatic heterocycles. The molecule has 0 bridgehead atoms. The van der Waals surface area contributed by atoms with Gasteiger partial charge in [-0.05, 0) is 19.9 Å². The van der Waals surface area contributed by atoms with Crippen molar-refractivity contribution >= 4 is 11.0 Å². The zero-order valence-electron chi connectivity index (χ0n) is 6.93. The van der Waals surface area contributed by atoms with Gasteiger partial charge >= 0.3 is 0 Å². The van der Waals surface area contributed by atoms with Crippen molar-refractivity contribution in [1.82, 2.24) is 15.0 Å². The van der Waals surface area contributed by atoms with Gasteiger partial charge in [0.15, 0.2) is 0 Å². The van der Waals surface area contributed by atoms with Crippen LogP contribution in [0.4, 0.5) is 0 Å². The molecule has 4 heteroatoms. The summed E-state index contributed by atoms with van der Waals surface area (Å²) < 4.78 is 0. The summed E-state index contributed by atoms with van der Waals surface area (Å²) in [4.78, 5) is 21.1. The summed E-state index contributed by atoms with van der Waals surface area (Å²) in [6, 6.07) is 1.79. The molecule has 0 amide bonds. The maximum absolute atomic E-state index is 11.3. The van der Waals surface area contributed by atoms with E-state index in [0.29, 0.717) is 16.9 Å². The maximum atomic E-state index is 11.3. The fourth-order valence-corrected chi connectivity index (χ4v) is 1.26. The smallest absolute Gasteiger partial charge is 0.260 e. The number of rotatable bonds is 0. The fourth-order valence-electron chi connectivity index (χ4n) is 1.26. The number of H-pyrrole nitrogens is 2. The minimum atomic E-state index is -0.0816. The molecule has 0 aliphatic carbocycles. The third kappa shape index (κ3) is 0.922. The minimum absolute atomic E-state index is 0.0816. The van der Waals surface area contributed by atoms with E-state index in [2.05, 4.69) is 15.0 Å². The molecule has 4 nitrogen and oxygen atoms in total. The highest BCUT2D eigenvalue weighted by Crippen LogP contribution is 2.06. The normalized spacial score (nSPS) is 10.8. The number of nitrogens with one attached hydrogen (secondary N) is 2. The summed E-state index contributed by atoms with van der Waals surface area (Å²) in [7, 11) is 0. The maximum Gasteiger partial charge on any atom is 0.260 e. The van der Waals surface area contributed by atoms with Crippen molar-refractivity contribution in [1.29, 1.82) is 0 Å². The summed E-state index contributed by atoms with van der Waals surface area (Å²) in [6.07, 6.45) is 0. The molecule has 0 unspecified atom stereocenters. The van der Waals surface area contributed by atoms with Crippen molar-refractivity contribution < 1.29 is 0 Å². The van der Waals surface area contributed by atoms with E-state index < -0.39 is 0 Å². The van der Waals surface area contributed by atoms with Crippen molar-refractivity contribution in [3.05, 3.63) is 27.9 Å². The Bertz CT molecular complexity index is 480. The topological polar surface area (TPSA) is 61.5 Å². The molecule has 0 saturated carbocycles. The molecule has 0 radical (unpaired) electrons. The van der Waals surface area contributed by atoms with E-state index >= 15 is 0 Å². The second-order valence-corrected chi connectivity index (χ2v) is 2.87. The Balaban J connectivity index is 2.98. The molecule has 0 spiro atoms. The van der Waals surface area contributed by atoms with Gasteiger partial charge in [0.1, 0.15) is 11.5 Å². The first-order chi connectivity index (χ1) is 5.66. The van der Waals surface area contributed by atoms with Crippen LogP contribution in [0.25, 0.3) is 11.0 Å². The van der Waals surface area contributed by atoms with Crippen LogP contribution in [-0.2, 0) is 0 Å². The van der Waals surface area contributed by atoms with E-state index in [1.165, 1.54) is 0 Å². The Hall–Kier alpha value is -1.58. The van der Waals surface area contributed by atoms with Gasteiger partial charge in [-0.2, -0.15) is 0 Å². The molecule has 2 aromatic rings. The molecule has 0 saturated heterocycles. The molecule has 2 heterocycles. The standard InChI is InChI=1S/C8H9N3O/c1-4-3-6-7(9-4)10-5(2)11-8(6)12/h3H,1-2H3,(H2,9,10,11,12). The van der Waals surface area contributed by atoms with Crippen LogP contribution in [0.3, 0.4) is 0 Å². The summed E-state index contributed by atoms with van der Waals surface area (Å²) >= 11 is 0. The summed E-state index contributed by atoms with van der Waals surface area (Å²) in [5.41, 5.74) is 1.53. The predicted molar refractivity (Wildman–Crippen MR) is 46.2 cm³/mol. The molecule has 2 N–H and O–H groups in total. The van der Waals surface area contributed by atoms with Crippen molar-refractivity contribution in [3.8, 4) is 0 Å². The highest BCUT2D eigenvalue weighted by molar-refractivity contribution is 5.75.